The molecule has 114 valence electrons. The number of hydrogen-bond donors (Lipinski definition) is 1. The Balaban J connectivity index is 2.46. The standard InChI is InChI=1S/C16H29N3O/c1-12(2)9-17-10-14-11-18-15(19-13(14)3)20-8-7-16(4,5)6/h11-12,17H,7-10H2,1-6H3. The van der Waals surface area contributed by atoms with Gasteiger partial charge < -0.3 is 10.1 Å². The molecule has 0 saturated carbocycles. The minimum Gasteiger partial charge on any atom is -0.463 e. The quantitative estimate of drug-likeness (QED) is 0.831. The lowest BCUT2D eigenvalue weighted by Crippen LogP contribution is -2.20. The zero-order chi connectivity index (χ0) is 15.2. The molecule has 1 aromatic rings. The summed E-state index contributed by atoms with van der Waals surface area (Å²) in [7, 11) is 0. The van der Waals surface area contributed by atoms with Gasteiger partial charge in [0, 0.05) is 24.0 Å². The highest BCUT2D eigenvalue weighted by Crippen LogP contribution is 2.18. The fourth-order valence-corrected chi connectivity index (χ4v) is 1.66. The van der Waals surface area contributed by atoms with Crippen LogP contribution in [0.5, 0.6) is 6.01 Å². The lowest BCUT2D eigenvalue weighted by Gasteiger charge is -2.17. The zero-order valence-electron chi connectivity index (χ0n) is 13.8. The van der Waals surface area contributed by atoms with Crippen LogP contribution >= 0.6 is 0 Å². The number of aryl methyl sites for hydroxylation is 1. The van der Waals surface area contributed by atoms with Gasteiger partial charge in [-0.15, -0.1) is 0 Å². The Morgan fingerprint density at radius 3 is 2.55 bits per heavy atom. The molecule has 0 atom stereocenters. The van der Waals surface area contributed by atoms with E-state index in [1.807, 2.05) is 13.1 Å². The summed E-state index contributed by atoms with van der Waals surface area (Å²) in [4.78, 5) is 8.70. The largest absolute Gasteiger partial charge is 0.463 e. The van der Waals surface area contributed by atoms with Crippen LogP contribution < -0.4 is 10.1 Å². The molecule has 4 heteroatoms. The van der Waals surface area contributed by atoms with Crippen LogP contribution in [0.4, 0.5) is 0 Å². The Labute approximate surface area is 123 Å². The van der Waals surface area contributed by atoms with Crippen LogP contribution in [-0.2, 0) is 6.54 Å². The molecule has 0 radical (unpaired) electrons. The van der Waals surface area contributed by atoms with E-state index < -0.39 is 0 Å². The van der Waals surface area contributed by atoms with Crippen molar-refractivity contribution in [3.05, 3.63) is 17.5 Å². The predicted octanol–water partition coefficient (Wildman–Crippen LogP) is 3.35. The van der Waals surface area contributed by atoms with Crippen molar-refractivity contribution in [2.75, 3.05) is 13.2 Å². The molecule has 0 spiro atoms. The molecule has 0 bridgehead atoms. The van der Waals surface area contributed by atoms with E-state index in [0.29, 0.717) is 18.5 Å². The average Bonchev–Trinajstić information content (AvgIpc) is 2.30. The summed E-state index contributed by atoms with van der Waals surface area (Å²) in [5.41, 5.74) is 2.39. The van der Waals surface area contributed by atoms with Gasteiger partial charge in [0.15, 0.2) is 0 Å². The van der Waals surface area contributed by atoms with Crippen LogP contribution in [0.15, 0.2) is 6.20 Å². The smallest absolute Gasteiger partial charge is 0.316 e. The predicted molar refractivity (Wildman–Crippen MR) is 82.9 cm³/mol. The monoisotopic (exact) mass is 279 g/mol. The van der Waals surface area contributed by atoms with E-state index in [4.69, 9.17) is 4.74 Å². The summed E-state index contributed by atoms with van der Waals surface area (Å²) >= 11 is 0. The van der Waals surface area contributed by atoms with Gasteiger partial charge in [-0.1, -0.05) is 34.6 Å². The SMILES string of the molecule is Cc1nc(OCCC(C)(C)C)ncc1CNCC(C)C. The minimum absolute atomic E-state index is 0.274. The first-order valence-electron chi connectivity index (χ1n) is 7.44. The number of nitrogens with zero attached hydrogens (tertiary/aromatic N) is 2. The van der Waals surface area contributed by atoms with E-state index in [9.17, 15) is 0 Å². The van der Waals surface area contributed by atoms with Crippen molar-refractivity contribution in [1.29, 1.82) is 0 Å². The third kappa shape index (κ3) is 6.85. The number of rotatable bonds is 7. The lowest BCUT2D eigenvalue weighted by atomic mass is 9.93. The van der Waals surface area contributed by atoms with Crippen molar-refractivity contribution in [2.45, 2.75) is 54.5 Å². The maximum atomic E-state index is 5.62. The fraction of sp³-hybridized carbons (Fsp3) is 0.750. The van der Waals surface area contributed by atoms with Crippen molar-refractivity contribution in [2.24, 2.45) is 11.3 Å². The van der Waals surface area contributed by atoms with Crippen molar-refractivity contribution >= 4 is 0 Å². The molecule has 0 amide bonds. The van der Waals surface area contributed by atoms with Gasteiger partial charge in [0.25, 0.3) is 0 Å². The first-order valence-corrected chi connectivity index (χ1v) is 7.44. The maximum Gasteiger partial charge on any atom is 0.316 e. The van der Waals surface area contributed by atoms with Gasteiger partial charge in [-0.25, -0.2) is 9.97 Å². The second-order valence-corrected chi connectivity index (χ2v) is 6.95. The molecule has 0 aromatic carbocycles. The van der Waals surface area contributed by atoms with E-state index in [-0.39, 0.29) is 5.41 Å². The van der Waals surface area contributed by atoms with E-state index in [1.165, 1.54) is 0 Å². The molecule has 0 aliphatic carbocycles. The second-order valence-electron chi connectivity index (χ2n) is 6.95. The van der Waals surface area contributed by atoms with Crippen LogP contribution in [0.3, 0.4) is 0 Å². The molecule has 1 N–H and O–H groups in total. The van der Waals surface area contributed by atoms with Crippen LogP contribution in [-0.4, -0.2) is 23.1 Å². The van der Waals surface area contributed by atoms with Crippen LogP contribution in [0.1, 0.15) is 52.3 Å². The molecule has 0 unspecified atom stereocenters. The van der Waals surface area contributed by atoms with Gasteiger partial charge in [-0.2, -0.15) is 0 Å². The van der Waals surface area contributed by atoms with Crippen LogP contribution in [0.2, 0.25) is 0 Å². The van der Waals surface area contributed by atoms with E-state index in [2.05, 4.69) is 49.9 Å². The number of aromatic nitrogens is 2. The summed E-state index contributed by atoms with van der Waals surface area (Å²) in [5.74, 6) is 0.649. The van der Waals surface area contributed by atoms with Gasteiger partial charge in [0.2, 0.25) is 0 Å². The Bertz CT molecular complexity index is 411. The minimum atomic E-state index is 0.274. The molecule has 4 nitrogen and oxygen atoms in total. The van der Waals surface area contributed by atoms with Crippen molar-refractivity contribution in [3.8, 4) is 6.01 Å². The average molecular weight is 279 g/mol. The molecule has 1 aromatic heterocycles. The topological polar surface area (TPSA) is 47.0 Å². The van der Waals surface area contributed by atoms with Gasteiger partial charge in [-0.05, 0) is 31.2 Å². The highest BCUT2D eigenvalue weighted by molar-refractivity contribution is 5.17. The highest BCUT2D eigenvalue weighted by Gasteiger charge is 2.11. The molecule has 0 aliphatic rings. The third-order valence-electron chi connectivity index (χ3n) is 3.01. The van der Waals surface area contributed by atoms with Gasteiger partial charge in [-0.3, -0.25) is 0 Å². The number of hydrogen-bond acceptors (Lipinski definition) is 4. The summed E-state index contributed by atoms with van der Waals surface area (Å²) in [6, 6.07) is 0.486. The highest BCUT2D eigenvalue weighted by atomic mass is 16.5. The molecule has 0 fully saturated rings. The molecular formula is C16H29N3O. The van der Waals surface area contributed by atoms with Crippen LogP contribution in [0, 0.1) is 18.3 Å². The Morgan fingerprint density at radius 2 is 2.00 bits per heavy atom. The first kappa shape index (κ1) is 16.9. The van der Waals surface area contributed by atoms with Gasteiger partial charge in [0.1, 0.15) is 0 Å². The zero-order valence-corrected chi connectivity index (χ0v) is 13.8. The Hall–Kier alpha value is -1.16. The lowest BCUT2D eigenvalue weighted by molar-refractivity contribution is 0.228. The number of nitrogens with one attached hydrogen (secondary N) is 1. The first-order chi connectivity index (χ1) is 9.28. The summed E-state index contributed by atoms with van der Waals surface area (Å²) in [6.07, 6.45) is 2.86. The molecule has 1 rings (SSSR count). The van der Waals surface area contributed by atoms with Gasteiger partial charge in [0.05, 0.1) is 6.61 Å². The van der Waals surface area contributed by atoms with Crippen molar-refractivity contribution in [3.63, 3.8) is 0 Å². The molecule has 0 aliphatic heterocycles. The second kappa shape index (κ2) is 7.58. The summed E-state index contributed by atoms with van der Waals surface area (Å²) in [6.45, 7) is 15.5. The molecule has 1 heterocycles. The van der Waals surface area contributed by atoms with E-state index >= 15 is 0 Å². The van der Waals surface area contributed by atoms with Gasteiger partial charge >= 0.3 is 6.01 Å². The van der Waals surface area contributed by atoms with E-state index in [1.54, 1.807) is 0 Å². The maximum absolute atomic E-state index is 5.62. The summed E-state index contributed by atoms with van der Waals surface area (Å²) in [5, 5.41) is 3.40. The Morgan fingerprint density at radius 1 is 1.30 bits per heavy atom. The normalized spacial score (nSPS) is 11.9. The van der Waals surface area contributed by atoms with E-state index in [0.717, 1.165) is 30.8 Å². The van der Waals surface area contributed by atoms with Crippen LogP contribution in [0.25, 0.3) is 0 Å². The Kier molecular flexibility index (Phi) is 6.40. The van der Waals surface area contributed by atoms with Crippen molar-refractivity contribution in [1.82, 2.24) is 15.3 Å². The number of ether oxygens (including phenoxy) is 1. The molecule has 0 saturated heterocycles. The van der Waals surface area contributed by atoms with Crippen molar-refractivity contribution < 1.29 is 4.74 Å². The summed E-state index contributed by atoms with van der Waals surface area (Å²) < 4.78 is 5.62. The fourth-order valence-electron chi connectivity index (χ4n) is 1.66. The molecular weight excluding hydrogens is 250 g/mol. The molecule has 20 heavy (non-hydrogen) atoms. The third-order valence-corrected chi connectivity index (χ3v) is 3.01.